The third-order valence-electron chi connectivity index (χ3n) is 2.59. The van der Waals surface area contributed by atoms with Crippen LogP contribution in [0.1, 0.15) is 31.1 Å². The number of nitrogens with two attached hydrogens (primary N) is 1. The number of hydrogen-bond acceptors (Lipinski definition) is 6. The number of ether oxygens (including phenoxy) is 1. The van der Waals surface area contributed by atoms with Crippen molar-refractivity contribution in [2.45, 2.75) is 32.4 Å². The molecule has 23 heavy (non-hydrogen) atoms. The van der Waals surface area contributed by atoms with Crippen LogP contribution in [0.5, 0.6) is 0 Å². The lowest BCUT2D eigenvalue weighted by Gasteiger charge is -2.20. The third-order valence-corrected chi connectivity index (χ3v) is 3.65. The highest BCUT2D eigenvalue weighted by atomic mass is 32.2. The van der Waals surface area contributed by atoms with Crippen LogP contribution < -0.4 is 11.1 Å². The smallest absolute Gasteiger partial charge is 0.414 e. The minimum atomic E-state index is -0.893. The molecule has 0 fully saturated rings. The summed E-state index contributed by atoms with van der Waals surface area (Å²) in [4.78, 5) is 35.1. The summed E-state index contributed by atoms with van der Waals surface area (Å²) in [6.45, 7) is 5.09. The van der Waals surface area contributed by atoms with E-state index in [2.05, 4.69) is 5.32 Å². The van der Waals surface area contributed by atoms with Crippen molar-refractivity contribution in [3.8, 4) is 0 Å². The molecule has 0 spiro atoms. The first-order chi connectivity index (χ1) is 10.7. The predicted molar refractivity (Wildman–Crippen MR) is 90.4 cm³/mol. The molecule has 7 heteroatoms. The molecule has 2 amide bonds. The first kappa shape index (κ1) is 19.2. The quantitative estimate of drug-likeness (QED) is 0.770. The number of hydrogen-bond donors (Lipinski definition) is 2. The standard InChI is InChI=1S/C16H22N2O4S/c1-16(2,3)22-15(21)18-14(20)12(17)9-23-10-13(19)11-7-5-4-6-8-11/h4-8,12H,9-10,17H2,1-3H3,(H,18,20,21)/t12-/m0/s1. The average molecular weight is 338 g/mol. The highest BCUT2D eigenvalue weighted by molar-refractivity contribution is 8.00. The van der Waals surface area contributed by atoms with Crippen LogP contribution in [0.25, 0.3) is 0 Å². The van der Waals surface area contributed by atoms with E-state index in [-0.39, 0.29) is 17.3 Å². The molecule has 1 aromatic carbocycles. The van der Waals surface area contributed by atoms with Gasteiger partial charge in [-0.25, -0.2) is 4.79 Å². The summed E-state index contributed by atoms with van der Waals surface area (Å²) in [6.07, 6.45) is -0.830. The van der Waals surface area contributed by atoms with Crippen molar-refractivity contribution in [1.82, 2.24) is 5.32 Å². The van der Waals surface area contributed by atoms with Crippen LogP contribution in [-0.2, 0) is 9.53 Å². The number of imide groups is 1. The number of benzene rings is 1. The van der Waals surface area contributed by atoms with Crippen LogP contribution in [0.3, 0.4) is 0 Å². The van der Waals surface area contributed by atoms with Gasteiger partial charge >= 0.3 is 6.09 Å². The van der Waals surface area contributed by atoms with Gasteiger partial charge in [0.1, 0.15) is 5.60 Å². The molecule has 0 aliphatic heterocycles. The zero-order chi connectivity index (χ0) is 17.5. The van der Waals surface area contributed by atoms with E-state index in [0.717, 1.165) is 0 Å². The summed E-state index contributed by atoms with van der Waals surface area (Å²) < 4.78 is 4.97. The Morgan fingerprint density at radius 2 is 1.83 bits per heavy atom. The topological polar surface area (TPSA) is 98.5 Å². The molecule has 1 rings (SSSR count). The zero-order valence-corrected chi connectivity index (χ0v) is 14.3. The fourth-order valence-electron chi connectivity index (χ4n) is 1.56. The van der Waals surface area contributed by atoms with Gasteiger partial charge in [-0.15, -0.1) is 0 Å². The van der Waals surface area contributed by atoms with Crippen molar-refractivity contribution in [3.63, 3.8) is 0 Å². The van der Waals surface area contributed by atoms with Crippen LogP contribution >= 0.6 is 11.8 Å². The van der Waals surface area contributed by atoms with E-state index in [1.54, 1.807) is 45.0 Å². The second-order valence-corrected chi connectivity index (χ2v) is 6.93. The van der Waals surface area contributed by atoms with Gasteiger partial charge in [0.25, 0.3) is 0 Å². The molecular formula is C16H22N2O4S. The van der Waals surface area contributed by atoms with Crippen LogP contribution in [-0.4, -0.2) is 40.9 Å². The summed E-state index contributed by atoms with van der Waals surface area (Å²) in [5, 5.41) is 2.08. The molecule has 0 aliphatic carbocycles. The monoisotopic (exact) mass is 338 g/mol. The fourth-order valence-corrected chi connectivity index (χ4v) is 2.43. The lowest BCUT2D eigenvalue weighted by atomic mass is 10.2. The number of Topliss-reactive ketones (excluding diaryl/α,β-unsaturated/α-hetero) is 1. The first-order valence-electron chi connectivity index (χ1n) is 7.14. The van der Waals surface area contributed by atoms with E-state index in [1.165, 1.54) is 11.8 Å². The van der Waals surface area contributed by atoms with Crippen LogP contribution in [0.15, 0.2) is 30.3 Å². The van der Waals surface area contributed by atoms with Crippen molar-refractivity contribution in [3.05, 3.63) is 35.9 Å². The van der Waals surface area contributed by atoms with Crippen LogP contribution in [0.2, 0.25) is 0 Å². The Hall–Kier alpha value is -1.86. The van der Waals surface area contributed by atoms with E-state index in [9.17, 15) is 14.4 Å². The Bertz CT molecular complexity index is 555. The highest BCUT2D eigenvalue weighted by Gasteiger charge is 2.21. The number of ketones is 1. The second-order valence-electron chi connectivity index (χ2n) is 5.90. The van der Waals surface area contributed by atoms with Gasteiger partial charge in [-0.1, -0.05) is 30.3 Å². The molecule has 3 N–H and O–H groups in total. The molecule has 1 aromatic rings. The summed E-state index contributed by atoms with van der Waals surface area (Å²) in [5.74, 6) is -0.209. The minimum Gasteiger partial charge on any atom is -0.444 e. The van der Waals surface area contributed by atoms with Gasteiger partial charge in [-0.3, -0.25) is 14.9 Å². The predicted octanol–water partition coefficient (Wildman–Crippen LogP) is 1.98. The van der Waals surface area contributed by atoms with Crippen molar-refractivity contribution in [1.29, 1.82) is 0 Å². The first-order valence-corrected chi connectivity index (χ1v) is 8.30. The lowest BCUT2D eigenvalue weighted by molar-refractivity contribution is -0.121. The van der Waals surface area contributed by atoms with Crippen LogP contribution in [0, 0.1) is 0 Å². The van der Waals surface area contributed by atoms with Crippen molar-refractivity contribution >= 4 is 29.5 Å². The minimum absolute atomic E-state index is 0.0321. The Labute approximate surface area is 140 Å². The summed E-state index contributed by atoms with van der Waals surface area (Å²) in [5.41, 5.74) is 5.63. The SMILES string of the molecule is CC(C)(C)OC(=O)NC(=O)[C@@H](N)CSCC(=O)c1ccccc1. The van der Waals surface area contributed by atoms with Gasteiger partial charge in [0, 0.05) is 11.3 Å². The van der Waals surface area contributed by atoms with Gasteiger partial charge in [-0.05, 0) is 20.8 Å². The van der Waals surface area contributed by atoms with E-state index in [4.69, 9.17) is 10.5 Å². The Morgan fingerprint density at radius 1 is 1.22 bits per heavy atom. The van der Waals surface area contributed by atoms with Gasteiger partial charge in [0.2, 0.25) is 5.91 Å². The molecule has 1 atom stereocenters. The van der Waals surface area contributed by atoms with Crippen molar-refractivity contribution in [2.24, 2.45) is 5.73 Å². The van der Waals surface area contributed by atoms with E-state index in [0.29, 0.717) is 5.56 Å². The second kappa shape index (κ2) is 8.69. The average Bonchev–Trinajstić information content (AvgIpc) is 2.45. The van der Waals surface area contributed by atoms with E-state index >= 15 is 0 Å². The number of carbonyl (C=O) groups excluding carboxylic acids is 3. The number of nitrogens with one attached hydrogen (secondary N) is 1. The Balaban J connectivity index is 2.33. The van der Waals surface area contributed by atoms with Crippen molar-refractivity contribution < 1.29 is 19.1 Å². The van der Waals surface area contributed by atoms with Gasteiger partial charge < -0.3 is 10.5 Å². The summed E-state index contributed by atoms with van der Waals surface area (Å²) >= 11 is 1.25. The van der Waals surface area contributed by atoms with Gasteiger partial charge in [0.15, 0.2) is 5.78 Å². The number of thioether (sulfide) groups is 1. The molecule has 0 aliphatic rings. The number of alkyl carbamates (subject to hydrolysis) is 1. The van der Waals surface area contributed by atoms with E-state index in [1.807, 2.05) is 6.07 Å². The zero-order valence-electron chi connectivity index (χ0n) is 13.5. The molecule has 0 radical (unpaired) electrons. The Kier molecular flexibility index (Phi) is 7.25. The maximum atomic E-state index is 11.9. The van der Waals surface area contributed by atoms with Crippen molar-refractivity contribution in [2.75, 3.05) is 11.5 Å². The summed E-state index contributed by atoms with van der Waals surface area (Å²) in [7, 11) is 0. The molecule has 0 bridgehead atoms. The maximum Gasteiger partial charge on any atom is 0.414 e. The molecule has 0 heterocycles. The van der Waals surface area contributed by atoms with Gasteiger partial charge in [0.05, 0.1) is 11.8 Å². The molecule has 0 saturated carbocycles. The van der Waals surface area contributed by atoms with Crippen LogP contribution in [0.4, 0.5) is 4.79 Å². The number of rotatable bonds is 6. The molecule has 126 valence electrons. The largest absolute Gasteiger partial charge is 0.444 e. The Morgan fingerprint density at radius 3 is 2.39 bits per heavy atom. The molecule has 6 nitrogen and oxygen atoms in total. The fraction of sp³-hybridized carbons (Fsp3) is 0.438. The molecule has 0 unspecified atom stereocenters. The third kappa shape index (κ3) is 7.80. The highest BCUT2D eigenvalue weighted by Crippen LogP contribution is 2.09. The number of amides is 2. The molecule has 0 saturated heterocycles. The number of carbonyl (C=O) groups is 3. The summed E-state index contributed by atoms with van der Waals surface area (Å²) in [6, 6.07) is 7.99. The maximum absolute atomic E-state index is 11.9. The normalized spacial score (nSPS) is 12.3. The van der Waals surface area contributed by atoms with Gasteiger partial charge in [-0.2, -0.15) is 11.8 Å². The van der Waals surface area contributed by atoms with E-state index < -0.39 is 23.6 Å². The lowest BCUT2D eigenvalue weighted by Crippen LogP contribution is -2.46. The molecule has 0 aromatic heterocycles. The molecular weight excluding hydrogens is 316 g/mol.